The highest BCUT2D eigenvalue weighted by Gasteiger charge is 2.69. The minimum Gasteiger partial charge on any atom is -0.390 e. The van der Waals surface area contributed by atoms with E-state index in [9.17, 15) is 40.5 Å². The number of ketones is 1. The number of fused-ring (bicyclic) bond motifs is 5. The number of aliphatic hydroxyl groups is 7. The number of allylic oxidation sites excluding steroid dienone is 1. The highest BCUT2D eigenvalue weighted by atomic mass is 16.4. The molecule has 3 fully saturated rings. The molecule has 4 rings (SSSR count). The van der Waals surface area contributed by atoms with Crippen LogP contribution < -0.4 is 0 Å². The molecule has 4 aliphatic carbocycles. The molecule has 3 saturated carbocycles. The molecule has 0 heterocycles. The number of aliphatic hydroxyl groups excluding tert-OH is 4. The summed E-state index contributed by atoms with van der Waals surface area (Å²) in [5.74, 6) is -1.26. The van der Waals surface area contributed by atoms with E-state index in [1.165, 1.54) is 20.8 Å². The van der Waals surface area contributed by atoms with Gasteiger partial charge in [-0.15, -0.1) is 0 Å². The highest BCUT2D eigenvalue weighted by Crippen LogP contribution is 2.68. The molecule has 200 valence electrons. The number of hydrogen-bond acceptors (Lipinski definition) is 8. The fraction of sp³-hybridized carbons (Fsp3) is 0.889. The van der Waals surface area contributed by atoms with Crippen molar-refractivity contribution in [2.75, 3.05) is 0 Å². The fourth-order valence-corrected chi connectivity index (χ4v) is 8.53. The van der Waals surface area contributed by atoms with E-state index >= 15 is 0 Å². The van der Waals surface area contributed by atoms with Crippen LogP contribution in [0.25, 0.3) is 0 Å². The SMILES string of the molecule is CC(C)(O)C[C@H](O)[C@@H](O)[C@@](C)(O)[C@H]1CC[C@@]2(O)C3=CC(=O)[C@@H]4C[C@@H](O)[C@@H](O)C[C@]4(C)[C@H]3CC[C@]12C. The van der Waals surface area contributed by atoms with Crippen molar-refractivity contribution in [1.29, 1.82) is 0 Å². The van der Waals surface area contributed by atoms with Crippen LogP contribution in [-0.2, 0) is 4.79 Å². The molecule has 0 aromatic heterocycles. The molecule has 4 aliphatic rings. The van der Waals surface area contributed by atoms with Crippen molar-refractivity contribution in [2.24, 2.45) is 28.6 Å². The second-order valence-corrected chi connectivity index (χ2v) is 13.3. The van der Waals surface area contributed by atoms with Crippen LogP contribution in [0.4, 0.5) is 0 Å². The number of hydrogen-bond donors (Lipinski definition) is 7. The zero-order valence-corrected chi connectivity index (χ0v) is 21.6. The fourth-order valence-electron chi connectivity index (χ4n) is 8.53. The Bertz CT molecular complexity index is 892. The van der Waals surface area contributed by atoms with Crippen molar-refractivity contribution in [3.8, 4) is 0 Å². The monoisotopic (exact) mass is 496 g/mol. The lowest BCUT2D eigenvalue weighted by Crippen LogP contribution is -2.63. The Morgan fingerprint density at radius 3 is 2.26 bits per heavy atom. The maximum Gasteiger partial charge on any atom is 0.159 e. The van der Waals surface area contributed by atoms with Gasteiger partial charge < -0.3 is 35.7 Å². The van der Waals surface area contributed by atoms with Gasteiger partial charge in [-0.05, 0) is 88.2 Å². The smallest absolute Gasteiger partial charge is 0.159 e. The maximum atomic E-state index is 13.3. The van der Waals surface area contributed by atoms with Gasteiger partial charge >= 0.3 is 0 Å². The second kappa shape index (κ2) is 8.32. The van der Waals surface area contributed by atoms with Gasteiger partial charge in [-0.3, -0.25) is 4.79 Å². The van der Waals surface area contributed by atoms with Crippen molar-refractivity contribution in [3.05, 3.63) is 11.6 Å². The number of rotatable bonds is 5. The summed E-state index contributed by atoms with van der Waals surface area (Å²) in [5.41, 5.74) is -5.15. The molecule has 0 bridgehead atoms. The van der Waals surface area contributed by atoms with E-state index in [2.05, 4.69) is 0 Å². The average Bonchev–Trinajstić information content (AvgIpc) is 3.00. The Balaban J connectivity index is 1.68. The Kier molecular flexibility index (Phi) is 6.46. The van der Waals surface area contributed by atoms with Gasteiger partial charge in [0, 0.05) is 17.8 Å². The molecule has 11 atom stereocenters. The summed E-state index contributed by atoms with van der Waals surface area (Å²) in [6.07, 6.45) is -0.952. The first kappa shape index (κ1) is 27.2. The Morgan fingerprint density at radius 1 is 1.03 bits per heavy atom. The third-order valence-corrected chi connectivity index (χ3v) is 10.5. The van der Waals surface area contributed by atoms with Crippen LogP contribution in [0.2, 0.25) is 0 Å². The first-order valence-corrected chi connectivity index (χ1v) is 13.0. The first-order valence-electron chi connectivity index (χ1n) is 13.0. The quantitative estimate of drug-likeness (QED) is 0.295. The lowest BCUT2D eigenvalue weighted by Gasteiger charge is -2.60. The van der Waals surface area contributed by atoms with Crippen LogP contribution in [0.5, 0.6) is 0 Å². The van der Waals surface area contributed by atoms with Gasteiger partial charge in [-0.25, -0.2) is 0 Å². The molecule has 0 aromatic carbocycles. The molecule has 0 spiro atoms. The van der Waals surface area contributed by atoms with Crippen LogP contribution in [0.15, 0.2) is 11.6 Å². The van der Waals surface area contributed by atoms with Gasteiger partial charge in [0.15, 0.2) is 5.78 Å². The molecule has 7 N–H and O–H groups in total. The largest absolute Gasteiger partial charge is 0.390 e. The summed E-state index contributed by atoms with van der Waals surface area (Å²) in [4.78, 5) is 13.3. The third-order valence-electron chi connectivity index (χ3n) is 10.5. The summed E-state index contributed by atoms with van der Waals surface area (Å²) in [7, 11) is 0. The van der Waals surface area contributed by atoms with Gasteiger partial charge in [0.05, 0.1) is 35.1 Å². The van der Waals surface area contributed by atoms with E-state index in [0.29, 0.717) is 31.3 Å². The van der Waals surface area contributed by atoms with Gasteiger partial charge in [-0.2, -0.15) is 0 Å². The lowest BCUT2D eigenvalue weighted by atomic mass is 9.45. The minimum absolute atomic E-state index is 0.117. The Hall–Kier alpha value is -0.870. The minimum atomic E-state index is -1.74. The van der Waals surface area contributed by atoms with E-state index in [1.54, 1.807) is 6.08 Å². The zero-order valence-electron chi connectivity index (χ0n) is 21.6. The van der Waals surface area contributed by atoms with Crippen molar-refractivity contribution in [2.45, 2.75) is 121 Å². The van der Waals surface area contributed by atoms with Crippen LogP contribution in [-0.4, -0.2) is 82.7 Å². The van der Waals surface area contributed by atoms with Crippen LogP contribution in [0, 0.1) is 28.6 Å². The van der Waals surface area contributed by atoms with Crippen molar-refractivity contribution in [1.82, 2.24) is 0 Å². The standard InChI is InChI=1S/C27H44O8/c1-23(2,33)12-20(31)22(32)26(5,34)21-7-9-27(35)15-10-17(28)16-11-18(29)19(30)13-24(16,3)14(15)6-8-25(21,27)4/h10,14,16,18-22,29-35H,6-9,11-13H2,1-5H3/t14-,16-,18+,19-,20-,21-,22+,24+,25+,26-,27+/m0/s1. The van der Waals surface area contributed by atoms with E-state index in [0.717, 1.165) is 0 Å². The van der Waals surface area contributed by atoms with E-state index < -0.39 is 63.9 Å². The van der Waals surface area contributed by atoms with Gasteiger partial charge in [0.2, 0.25) is 0 Å². The lowest BCUT2D eigenvalue weighted by molar-refractivity contribution is -0.194. The van der Waals surface area contributed by atoms with Crippen LogP contribution in [0.1, 0.15) is 79.6 Å². The molecule has 0 aliphatic heterocycles. The van der Waals surface area contributed by atoms with E-state index in [-0.39, 0.29) is 31.0 Å². The Morgan fingerprint density at radius 2 is 1.66 bits per heavy atom. The number of carbonyl (C=O) groups is 1. The second-order valence-electron chi connectivity index (χ2n) is 13.3. The first-order chi connectivity index (χ1) is 15.9. The zero-order chi connectivity index (χ0) is 26.4. The predicted octanol–water partition coefficient (Wildman–Crippen LogP) is 0.825. The highest BCUT2D eigenvalue weighted by molar-refractivity contribution is 5.95. The topological polar surface area (TPSA) is 159 Å². The molecule has 35 heavy (non-hydrogen) atoms. The number of carbonyl (C=O) groups excluding carboxylic acids is 1. The molecule has 0 unspecified atom stereocenters. The Labute approximate surface area is 207 Å². The van der Waals surface area contributed by atoms with Crippen molar-refractivity contribution >= 4 is 5.78 Å². The molecule has 0 saturated heterocycles. The summed E-state index contributed by atoms with van der Waals surface area (Å²) < 4.78 is 0. The molecule has 8 heteroatoms. The maximum absolute atomic E-state index is 13.3. The summed E-state index contributed by atoms with van der Waals surface area (Å²) in [6, 6.07) is 0. The normalized spacial score (nSPS) is 47.1. The van der Waals surface area contributed by atoms with E-state index in [1.807, 2.05) is 13.8 Å². The molecule has 0 radical (unpaired) electrons. The summed E-state index contributed by atoms with van der Waals surface area (Å²) >= 11 is 0. The predicted molar refractivity (Wildman–Crippen MR) is 128 cm³/mol. The molecule has 0 amide bonds. The van der Waals surface area contributed by atoms with Crippen LogP contribution >= 0.6 is 0 Å². The van der Waals surface area contributed by atoms with Gasteiger partial charge in [-0.1, -0.05) is 13.8 Å². The van der Waals surface area contributed by atoms with Gasteiger partial charge in [0.1, 0.15) is 6.10 Å². The average molecular weight is 497 g/mol. The van der Waals surface area contributed by atoms with E-state index in [4.69, 9.17) is 0 Å². The summed E-state index contributed by atoms with van der Waals surface area (Å²) in [6.45, 7) is 8.40. The third kappa shape index (κ3) is 3.95. The van der Waals surface area contributed by atoms with Crippen molar-refractivity contribution in [3.63, 3.8) is 0 Å². The molecule has 8 nitrogen and oxygen atoms in total. The van der Waals surface area contributed by atoms with Gasteiger partial charge in [0.25, 0.3) is 0 Å². The summed E-state index contributed by atoms with van der Waals surface area (Å²) in [5, 5.41) is 76.1. The van der Waals surface area contributed by atoms with Crippen LogP contribution in [0.3, 0.4) is 0 Å². The molecule has 0 aromatic rings. The molecular weight excluding hydrogens is 452 g/mol. The molecular formula is C27H44O8. The van der Waals surface area contributed by atoms with Crippen molar-refractivity contribution < 1.29 is 40.5 Å².